The molecular formula is C17H24FN4O2+. The van der Waals surface area contributed by atoms with Gasteiger partial charge in [0.2, 0.25) is 0 Å². The molecule has 0 heterocycles. The number of rotatable bonds is 7. The van der Waals surface area contributed by atoms with Crippen molar-refractivity contribution in [2.75, 3.05) is 25.5 Å². The second-order valence-corrected chi connectivity index (χ2v) is 6.39. The van der Waals surface area contributed by atoms with Crippen LogP contribution in [-0.4, -0.2) is 37.5 Å². The van der Waals surface area contributed by atoms with Crippen LogP contribution in [-0.2, 0) is 9.59 Å². The zero-order valence-corrected chi connectivity index (χ0v) is 14.4. The quantitative estimate of drug-likeness (QED) is 0.671. The molecule has 0 saturated heterocycles. The number of likely N-dealkylation sites (N-methyl/N-ethyl adjacent to an activating group) is 1. The van der Waals surface area contributed by atoms with E-state index in [1.165, 1.54) is 18.2 Å². The number of nitriles is 1. The van der Waals surface area contributed by atoms with Crippen LogP contribution in [0.1, 0.15) is 20.8 Å². The molecule has 0 aliphatic rings. The van der Waals surface area contributed by atoms with Gasteiger partial charge in [-0.05, 0) is 31.0 Å². The van der Waals surface area contributed by atoms with E-state index in [0.717, 1.165) is 0 Å². The number of quaternary nitrogens is 1. The molecule has 0 spiro atoms. The molecule has 0 aliphatic carbocycles. The SMILES string of the molecule is CC(C)[C@](C)(C#N)NC(=O)C[NH+](C)CC(=O)Nc1cccc(F)c1. The molecule has 6 nitrogen and oxygen atoms in total. The van der Waals surface area contributed by atoms with Crippen molar-refractivity contribution in [3.05, 3.63) is 30.1 Å². The zero-order valence-electron chi connectivity index (χ0n) is 14.4. The van der Waals surface area contributed by atoms with Gasteiger partial charge in [-0.25, -0.2) is 4.39 Å². The number of hydrogen-bond acceptors (Lipinski definition) is 3. The molecular weight excluding hydrogens is 311 g/mol. The topological polar surface area (TPSA) is 86.4 Å². The average Bonchev–Trinajstić information content (AvgIpc) is 2.46. The maximum atomic E-state index is 13.1. The number of carbonyl (C=O) groups excluding carboxylic acids is 2. The van der Waals surface area contributed by atoms with Crippen molar-refractivity contribution in [1.29, 1.82) is 5.26 Å². The van der Waals surface area contributed by atoms with E-state index in [0.29, 0.717) is 10.6 Å². The molecule has 1 unspecified atom stereocenters. The molecule has 2 amide bonds. The highest BCUT2D eigenvalue weighted by Crippen LogP contribution is 2.14. The van der Waals surface area contributed by atoms with Crippen molar-refractivity contribution >= 4 is 17.5 Å². The highest BCUT2D eigenvalue weighted by molar-refractivity contribution is 5.91. The van der Waals surface area contributed by atoms with Crippen molar-refractivity contribution in [3.63, 3.8) is 0 Å². The summed E-state index contributed by atoms with van der Waals surface area (Å²) >= 11 is 0. The van der Waals surface area contributed by atoms with Crippen molar-refractivity contribution < 1.29 is 18.9 Å². The number of anilines is 1. The van der Waals surface area contributed by atoms with Gasteiger partial charge >= 0.3 is 0 Å². The third kappa shape index (κ3) is 5.97. The largest absolute Gasteiger partial charge is 0.333 e. The first-order valence-corrected chi connectivity index (χ1v) is 7.75. The summed E-state index contributed by atoms with van der Waals surface area (Å²) in [5.41, 5.74) is -0.574. The zero-order chi connectivity index (χ0) is 18.3. The normalized spacial score (nSPS) is 14.4. The van der Waals surface area contributed by atoms with E-state index in [4.69, 9.17) is 0 Å². The molecule has 7 heteroatoms. The van der Waals surface area contributed by atoms with Gasteiger partial charge in [-0.1, -0.05) is 19.9 Å². The highest BCUT2D eigenvalue weighted by atomic mass is 19.1. The van der Waals surface area contributed by atoms with Crippen LogP contribution in [0.5, 0.6) is 0 Å². The third-order valence-corrected chi connectivity index (χ3v) is 3.82. The molecule has 1 rings (SSSR count). The first-order valence-electron chi connectivity index (χ1n) is 7.75. The van der Waals surface area contributed by atoms with E-state index < -0.39 is 11.4 Å². The van der Waals surface area contributed by atoms with Crippen LogP contribution >= 0.6 is 0 Å². The molecule has 1 aromatic carbocycles. The van der Waals surface area contributed by atoms with Gasteiger partial charge in [0, 0.05) is 5.69 Å². The smallest absolute Gasteiger partial charge is 0.279 e. The van der Waals surface area contributed by atoms with Crippen LogP contribution in [0.3, 0.4) is 0 Å². The molecule has 130 valence electrons. The monoisotopic (exact) mass is 335 g/mol. The van der Waals surface area contributed by atoms with Gasteiger partial charge in [-0.15, -0.1) is 0 Å². The lowest BCUT2D eigenvalue weighted by Crippen LogP contribution is -3.11. The number of amides is 2. The first kappa shape index (κ1) is 19.6. The van der Waals surface area contributed by atoms with E-state index in [2.05, 4.69) is 16.7 Å². The van der Waals surface area contributed by atoms with E-state index in [-0.39, 0.29) is 30.8 Å². The lowest BCUT2D eigenvalue weighted by Gasteiger charge is -2.27. The Bertz CT molecular complexity index is 642. The van der Waals surface area contributed by atoms with Crippen LogP contribution in [0.2, 0.25) is 0 Å². The van der Waals surface area contributed by atoms with Crippen molar-refractivity contribution in [1.82, 2.24) is 5.32 Å². The Balaban J connectivity index is 2.50. The van der Waals surface area contributed by atoms with Crippen LogP contribution < -0.4 is 15.5 Å². The minimum Gasteiger partial charge on any atom is -0.333 e. The fourth-order valence-corrected chi connectivity index (χ4v) is 2.02. The number of hydrogen-bond donors (Lipinski definition) is 3. The van der Waals surface area contributed by atoms with Crippen LogP contribution in [0.4, 0.5) is 10.1 Å². The first-order chi connectivity index (χ1) is 11.2. The fraction of sp³-hybridized carbons (Fsp3) is 0.471. The molecule has 0 radical (unpaired) electrons. The van der Waals surface area contributed by atoms with Crippen molar-refractivity contribution in [3.8, 4) is 6.07 Å². The van der Waals surface area contributed by atoms with Crippen molar-refractivity contribution in [2.45, 2.75) is 26.3 Å². The molecule has 0 bridgehead atoms. The number of halogens is 1. The molecule has 0 aliphatic heterocycles. The van der Waals surface area contributed by atoms with Crippen LogP contribution in [0, 0.1) is 23.1 Å². The maximum Gasteiger partial charge on any atom is 0.279 e. The van der Waals surface area contributed by atoms with Crippen LogP contribution in [0.25, 0.3) is 0 Å². The predicted octanol–water partition coefficient (Wildman–Crippen LogP) is 0.333. The summed E-state index contributed by atoms with van der Waals surface area (Å²) in [4.78, 5) is 24.6. The van der Waals surface area contributed by atoms with E-state index in [9.17, 15) is 19.2 Å². The molecule has 3 N–H and O–H groups in total. The average molecular weight is 335 g/mol. The summed E-state index contributed by atoms with van der Waals surface area (Å²) in [6.07, 6.45) is 0. The lowest BCUT2D eigenvalue weighted by molar-refractivity contribution is -0.862. The summed E-state index contributed by atoms with van der Waals surface area (Å²) in [6.45, 7) is 5.48. The summed E-state index contributed by atoms with van der Waals surface area (Å²) in [5.74, 6) is -1.10. The second-order valence-electron chi connectivity index (χ2n) is 6.39. The second kappa shape index (κ2) is 8.41. The molecule has 2 atom stereocenters. The van der Waals surface area contributed by atoms with Gasteiger partial charge < -0.3 is 15.5 Å². The molecule has 24 heavy (non-hydrogen) atoms. The molecule has 0 saturated carbocycles. The van der Waals surface area contributed by atoms with Crippen LogP contribution in [0.15, 0.2) is 24.3 Å². The predicted molar refractivity (Wildman–Crippen MR) is 88.6 cm³/mol. The summed E-state index contributed by atoms with van der Waals surface area (Å²) in [5, 5.41) is 14.5. The molecule has 0 fully saturated rings. The Kier molecular flexibility index (Phi) is 6.86. The number of nitrogens with one attached hydrogen (secondary N) is 3. The van der Waals surface area contributed by atoms with E-state index >= 15 is 0 Å². The minimum atomic E-state index is -0.943. The number of nitrogens with zero attached hydrogens (tertiary/aromatic N) is 1. The Hall–Kier alpha value is -2.46. The fourth-order valence-electron chi connectivity index (χ4n) is 2.02. The Morgan fingerprint density at radius 2 is 1.96 bits per heavy atom. The summed E-state index contributed by atoms with van der Waals surface area (Å²) in [7, 11) is 1.70. The van der Waals surface area contributed by atoms with Gasteiger partial charge in [0.15, 0.2) is 13.1 Å². The lowest BCUT2D eigenvalue weighted by atomic mass is 9.90. The molecule has 1 aromatic rings. The Morgan fingerprint density at radius 3 is 2.50 bits per heavy atom. The van der Waals surface area contributed by atoms with E-state index in [1.807, 2.05) is 13.8 Å². The van der Waals surface area contributed by atoms with Gasteiger partial charge in [-0.2, -0.15) is 5.26 Å². The molecule has 0 aromatic heterocycles. The highest BCUT2D eigenvalue weighted by Gasteiger charge is 2.31. The van der Waals surface area contributed by atoms with Gasteiger partial charge in [-0.3, -0.25) is 9.59 Å². The van der Waals surface area contributed by atoms with Gasteiger partial charge in [0.05, 0.1) is 13.1 Å². The standard InChI is InChI=1S/C17H23FN4O2/c1-12(2)17(3,11-19)21-16(24)10-22(4)9-15(23)20-14-7-5-6-13(18)8-14/h5-8,12H,9-10H2,1-4H3,(H,20,23)(H,21,24)/p+1/t17-/m0/s1. The Labute approximate surface area is 141 Å². The maximum absolute atomic E-state index is 13.1. The number of benzene rings is 1. The van der Waals surface area contributed by atoms with E-state index in [1.54, 1.807) is 20.0 Å². The minimum absolute atomic E-state index is 0.0389. The third-order valence-electron chi connectivity index (χ3n) is 3.82. The summed E-state index contributed by atoms with van der Waals surface area (Å²) in [6, 6.07) is 7.71. The van der Waals surface area contributed by atoms with Gasteiger partial charge in [0.1, 0.15) is 11.4 Å². The number of carbonyl (C=O) groups is 2. The Morgan fingerprint density at radius 1 is 1.33 bits per heavy atom. The van der Waals surface area contributed by atoms with Crippen molar-refractivity contribution in [2.24, 2.45) is 5.92 Å². The summed E-state index contributed by atoms with van der Waals surface area (Å²) < 4.78 is 13.1. The van der Waals surface area contributed by atoms with Gasteiger partial charge in [0.25, 0.3) is 11.8 Å².